The van der Waals surface area contributed by atoms with Gasteiger partial charge in [-0.15, -0.1) is 0 Å². The van der Waals surface area contributed by atoms with E-state index in [-0.39, 0.29) is 11.2 Å². The maximum Gasteiger partial charge on any atom is 0.289 e. The van der Waals surface area contributed by atoms with Crippen molar-refractivity contribution in [3.8, 4) is 5.69 Å². The molecule has 0 saturated heterocycles. The maximum atomic E-state index is 12.2. The zero-order valence-corrected chi connectivity index (χ0v) is 14.2. The Labute approximate surface area is 139 Å². The summed E-state index contributed by atoms with van der Waals surface area (Å²) in [5.41, 5.74) is 5.52. The molecule has 6 nitrogen and oxygen atoms in total. The van der Waals surface area contributed by atoms with Gasteiger partial charge in [0.15, 0.2) is 5.69 Å². The number of nitrogens with zero attached hydrogens (tertiary/aromatic N) is 2. The Morgan fingerprint density at radius 1 is 1.26 bits per heavy atom. The molecule has 0 radical (unpaired) electrons. The zero-order valence-electron chi connectivity index (χ0n) is 13.5. The van der Waals surface area contributed by atoms with Crippen LogP contribution in [-0.2, 0) is 0 Å². The predicted octanol–water partition coefficient (Wildman–Crippen LogP) is 2.23. The van der Waals surface area contributed by atoms with Crippen molar-refractivity contribution in [2.24, 2.45) is 0 Å². The van der Waals surface area contributed by atoms with E-state index < -0.39 is 11.3 Å². The van der Waals surface area contributed by atoms with E-state index in [1.165, 1.54) is 10.7 Å². The van der Waals surface area contributed by atoms with E-state index in [4.69, 9.17) is 11.6 Å². The van der Waals surface area contributed by atoms with Crippen LogP contribution in [0.25, 0.3) is 5.69 Å². The van der Waals surface area contributed by atoms with Crippen LogP contribution in [0.5, 0.6) is 0 Å². The maximum absolute atomic E-state index is 12.2. The number of hydrazine groups is 1. The lowest BCUT2D eigenvalue weighted by atomic mass is 10.1. The number of nitrogens with one attached hydrogen (secondary N) is 2. The molecule has 0 saturated carbocycles. The van der Waals surface area contributed by atoms with Crippen LogP contribution in [0.1, 0.15) is 37.0 Å². The molecule has 0 fully saturated rings. The number of benzene rings is 1. The fourth-order valence-electron chi connectivity index (χ4n) is 1.88. The molecule has 23 heavy (non-hydrogen) atoms. The van der Waals surface area contributed by atoms with E-state index in [1.54, 1.807) is 31.2 Å². The van der Waals surface area contributed by atoms with Gasteiger partial charge in [0.25, 0.3) is 5.91 Å². The van der Waals surface area contributed by atoms with Crippen molar-refractivity contribution >= 4 is 17.5 Å². The molecular formula is C16H19ClN4O2. The lowest BCUT2D eigenvalue weighted by Crippen LogP contribution is -2.50. The molecular weight excluding hydrogens is 316 g/mol. The number of aryl methyl sites for hydroxylation is 1. The summed E-state index contributed by atoms with van der Waals surface area (Å²) in [7, 11) is 0. The van der Waals surface area contributed by atoms with Crippen LogP contribution in [0, 0.1) is 6.92 Å². The van der Waals surface area contributed by atoms with Crippen LogP contribution in [0.15, 0.2) is 35.1 Å². The van der Waals surface area contributed by atoms with Crippen molar-refractivity contribution in [2.75, 3.05) is 0 Å². The second-order valence-electron chi connectivity index (χ2n) is 6.19. The van der Waals surface area contributed by atoms with E-state index in [0.717, 1.165) is 0 Å². The summed E-state index contributed by atoms with van der Waals surface area (Å²) in [6.07, 6.45) is 0. The van der Waals surface area contributed by atoms with E-state index >= 15 is 0 Å². The van der Waals surface area contributed by atoms with Gasteiger partial charge in [-0.2, -0.15) is 5.10 Å². The normalized spacial score (nSPS) is 11.3. The molecule has 1 heterocycles. The Bertz CT molecular complexity index is 793. The van der Waals surface area contributed by atoms with Crippen molar-refractivity contribution in [1.82, 2.24) is 20.6 Å². The van der Waals surface area contributed by atoms with Crippen molar-refractivity contribution in [1.29, 1.82) is 0 Å². The molecule has 0 atom stereocenters. The molecule has 2 N–H and O–H groups in total. The Balaban J connectivity index is 2.43. The van der Waals surface area contributed by atoms with Gasteiger partial charge in [0.1, 0.15) is 0 Å². The minimum atomic E-state index is -0.592. The Morgan fingerprint density at radius 3 is 2.52 bits per heavy atom. The van der Waals surface area contributed by atoms with E-state index in [1.807, 2.05) is 20.8 Å². The van der Waals surface area contributed by atoms with Crippen molar-refractivity contribution in [2.45, 2.75) is 33.2 Å². The fraction of sp³-hybridized carbons (Fsp3) is 0.312. The van der Waals surface area contributed by atoms with Crippen LogP contribution in [-0.4, -0.2) is 21.2 Å². The van der Waals surface area contributed by atoms with Crippen molar-refractivity contribution in [3.05, 3.63) is 57.0 Å². The lowest BCUT2D eigenvalue weighted by Gasteiger charge is -2.20. The van der Waals surface area contributed by atoms with Gasteiger partial charge in [-0.25, -0.2) is 10.1 Å². The first-order valence-electron chi connectivity index (χ1n) is 7.12. The summed E-state index contributed by atoms with van der Waals surface area (Å²) < 4.78 is 1.48. The monoisotopic (exact) mass is 334 g/mol. The molecule has 0 unspecified atom stereocenters. The zero-order chi connectivity index (χ0) is 17.2. The van der Waals surface area contributed by atoms with E-state index in [9.17, 15) is 9.59 Å². The average Bonchev–Trinajstić information content (AvgIpc) is 2.45. The third-order valence-electron chi connectivity index (χ3n) is 2.95. The lowest BCUT2D eigenvalue weighted by molar-refractivity contribution is 0.0906. The van der Waals surface area contributed by atoms with Gasteiger partial charge in [0, 0.05) is 17.3 Å². The number of hydrogen-bond donors (Lipinski definition) is 2. The molecule has 2 aromatic rings. The summed E-state index contributed by atoms with van der Waals surface area (Å²) in [6.45, 7) is 7.39. The molecule has 0 bridgehead atoms. The van der Waals surface area contributed by atoms with Gasteiger partial charge in [-0.3, -0.25) is 15.0 Å². The fourth-order valence-corrected chi connectivity index (χ4v) is 2.09. The Hall–Kier alpha value is -2.18. The Kier molecular flexibility index (Phi) is 4.87. The number of rotatable bonds is 3. The second-order valence-corrected chi connectivity index (χ2v) is 6.60. The highest BCUT2D eigenvalue weighted by molar-refractivity contribution is 6.32. The molecule has 1 aromatic heterocycles. The minimum Gasteiger partial charge on any atom is -0.287 e. The first kappa shape index (κ1) is 17.2. The smallest absolute Gasteiger partial charge is 0.287 e. The van der Waals surface area contributed by atoms with E-state index in [0.29, 0.717) is 16.4 Å². The summed E-state index contributed by atoms with van der Waals surface area (Å²) in [4.78, 5) is 24.3. The third kappa shape index (κ3) is 4.18. The predicted molar refractivity (Wildman–Crippen MR) is 89.9 cm³/mol. The molecule has 122 valence electrons. The molecule has 7 heteroatoms. The highest BCUT2D eigenvalue weighted by atomic mass is 35.5. The highest BCUT2D eigenvalue weighted by Crippen LogP contribution is 2.19. The number of carbonyl (C=O) groups excluding carboxylic acids is 1. The quantitative estimate of drug-likeness (QED) is 0.844. The number of halogens is 1. The molecule has 0 spiro atoms. The third-order valence-corrected chi connectivity index (χ3v) is 3.27. The Morgan fingerprint density at radius 2 is 1.91 bits per heavy atom. The van der Waals surface area contributed by atoms with Gasteiger partial charge in [-0.1, -0.05) is 23.7 Å². The summed E-state index contributed by atoms with van der Waals surface area (Å²) >= 11 is 6.17. The van der Waals surface area contributed by atoms with Gasteiger partial charge < -0.3 is 0 Å². The number of amides is 1. The number of aromatic nitrogens is 2. The molecule has 1 aromatic carbocycles. The van der Waals surface area contributed by atoms with Gasteiger partial charge in [-0.05, 0) is 39.8 Å². The standard InChI is InChI=1S/C16H19ClN4O2/c1-10-9-13(22)14(15(23)18-20-16(2,3)4)19-21(10)12-8-6-5-7-11(12)17/h5-9,20H,1-4H3,(H,18,23). The topological polar surface area (TPSA) is 76.0 Å². The van der Waals surface area contributed by atoms with Crippen LogP contribution in [0.4, 0.5) is 0 Å². The van der Waals surface area contributed by atoms with Crippen molar-refractivity contribution < 1.29 is 4.79 Å². The SMILES string of the molecule is Cc1cc(=O)c(C(=O)NNC(C)(C)C)nn1-c1ccccc1Cl. The molecule has 2 rings (SSSR count). The van der Waals surface area contributed by atoms with Crippen LogP contribution in [0.3, 0.4) is 0 Å². The summed E-state index contributed by atoms with van der Waals surface area (Å²) in [5, 5.41) is 4.65. The molecule has 0 aliphatic carbocycles. The second kappa shape index (κ2) is 6.52. The van der Waals surface area contributed by atoms with Crippen LogP contribution >= 0.6 is 11.6 Å². The molecule has 1 amide bonds. The van der Waals surface area contributed by atoms with Crippen molar-refractivity contribution in [3.63, 3.8) is 0 Å². The number of para-hydroxylation sites is 1. The number of hydrogen-bond acceptors (Lipinski definition) is 4. The summed E-state index contributed by atoms with van der Waals surface area (Å²) in [5.74, 6) is -0.592. The first-order chi connectivity index (χ1) is 10.7. The molecule has 0 aliphatic rings. The first-order valence-corrected chi connectivity index (χ1v) is 7.50. The summed E-state index contributed by atoms with van der Waals surface area (Å²) in [6, 6.07) is 8.45. The minimum absolute atomic E-state index is 0.202. The van der Waals surface area contributed by atoms with Gasteiger partial charge in [0.2, 0.25) is 5.43 Å². The number of carbonyl (C=O) groups is 1. The molecule has 0 aliphatic heterocycles. The largest absolute Gasteiger partial charge is 0.289 e. The highest BCUT2D eigenvalue weighted by Gasteiger charge is 2.18. The average molecular weight is 335 g/mol. The van der Waals surface area contributed by atoms with Gasteiger partial charge in [0.05, 0.1) is 10.7 Å². The van der Waals surface area contributed by atoms with Gasteiger partial charge >= 0.3 is 0 Å². The van der Waals surface area contributed by atoms with Crippen LogP contribution < -0.4 is 16.3 Å². The van der Waals surface area contributed by atoms with Crippen LogP contribution in [0.2, 0.25) is 5.02 Å². The van der Waals surface area contributed by atoms with E-state index in [2.05, 4.69) is 16.0 Å².